The molecule has 0 spiro atoms. The van der Waals surface area contributed by atoms with Crippen LogP contribution in [0.25, 0.3) is 31.6 Å². The Morgan fingerprint density at radius 2 is 0.943 bits per heavy atom. The largest absolute Gasteiger partial charge is 0.453 e. The predicted molar refractivity (Wildman–Crippen MR) is 222 cm³/mol. The number of rotatable bonds is 8. The van der Waals surface area contributed by atoms with Crippen molar-refractivity contribution in [3.05, 3.63) is 181 Å². The van der Waals surface area contributed by atoms with Gasteiger partial charge in [-0.1, -0.05) is 86.5 Å². The maximum atomic E-state index is 6.20. The van der Waals surface area contributed by atoms with Crippen molar-refractivity contribution in [1.29, 1.82) is 0 Å². The third kappa shape index (κ3) is 5.84. The Morgan fingerprint density at radius 1 is 0.547 bits per heavy atom. The molecule has 0 aliphatic carbocycles. The van der Waals surface area contributed by atoms with E-state index < -0.39 is 0 Å². The summed E-state index contributed by atoms with van der Waals surface area (Å²) in [6.45, 7) is 15.2. The molecule has 2 aromatic heterocycles. The molecule has 5 aromatic carbocycles. The maximum absolute atomic E-state index is 6.20. The van der Waals surface area contributed by atoms with Crippen LogP contribution in [0.2, 0.25) is 0 Å². The molecule has 0 radical (unpaired) electrons. The monoisotopic (exact) mass is 724 g/mol. The zero-order valence-corrected chi connectivity index (χ0v) is 30.5. The van der Waals surface area contributed by atoms with Crippen LogP contribution < -0.4 is 19.3 Å². The number of nitrogens with zero attached hydrogens (tertiary/aromatic N) is 4. The molecule has 6 nitrogen and oxygen atoms in total. The second kappa shape index (κ2) is 13.2. The first kappa shape index (κ1) is 32.4. The van der Waals surface area contributed by atoms with Crippen molar-refractivity contribution in [2.75, 3.05) is 9.80 Å². The van der Waals surface area contributed by atoms with Gasteiger partial charge in [0.25, 0.3) is 0 Å². The number of allylic oxidation sites excluding steroid dienone is 7. The van der Waals surface area contributed by atoms with Crippen molar-refractivity contribution >= 4 is 77.0 Å². The maximum Gasteiger partial charge on any atom is 0.151 e. The lowest BCUT2D eigenvalue weighted by atomic mass is 10.1. The lowest BCUT2D eigenvalue weighted by Crippen LogP contribution is -2.19. The van der Waals surface area contributed by atoms with Crippen molar-refractivity contribution in [1.82, 2.24) is 9.97 Å². The van der Waals surface area contributed by atoms with Crippen molar-refractivity contribution < 1.29 is 9.47 Å². The van der Waals surface area contributed by atoms with Gasteiger partial charge >= 0.3 is 0 Å². The Morgan fingerprint density at radius 3 is 1.38 bits per heavy atom. The van der Waals surface area contributed by atoms with E-state index in [9.17, 15) is 0 Å². The average Bonchev–Trinajstić information content (AvgIpc) is 3.81. The summed E-state index contributed by atoms with van der Waals surface area (Å²) >= 11 is 3.22. The summed E-state index contributed by atoms with van der Waals surface area (Å²) in [6.07, 6.45) is 10.2. The minimum atomic E-state index is 0.787. The number of thiazole rings is 2. The Kier molecular flexibility index (Phi) is 8.11. The second-order valence-corrected chi connectivity index (χ2v) is 14.6. The fourth-order valence-corrected chi connectivity index (χ4v) is 8.38. The molecule has 0 unspecified atom stereocenters. The lowest BCUT2D eigenvalue weighted by molar-refractivity contribution is 0.476. The average molecular weight is 725 g/mol. The molecule has 0 N–H and O–H groups in total. The van der Waals surface area contributed by atoms with Gasteiger partial charge < -0.3 is 19.3 Å². The van der Waals surface area contributed by atoms with Gasteiger partial charge in [-0.25, -0.2) is 9.97 Å². The molecule has 0 atom stereocenters. The Hall–Kier alpha value is -6.48. The minimum absolute atomic E-state index is 0.787. The normalized spacial score (nSPS) is 13.4. The highest BCUT2D eigenvalue weighted by atomic mass is 32.1. The highest BCUT2D eigenvalue weighted by Crippen LogP contribution is 2.49. The number of hydrogen-bond acceptors (Lipinski definition) is 8. The molecule has 0 amide bonds. The molecule has 0 fully saturated rings. The van der Waals surface area contributed by atoms with E-state index in [1.807, 2.05) is 110 Å². The van der Waals surface area contributed by atoms with Gasteiger partial charge in [-0.2, -0.15) is 0 Å². The number of ether oxygens (including phenoxy) is 2. The highest BCUT2D eigenvalue weighted by molar-refractivity contribution is 7.21. The number of aromatic nitrogens is 2. The molecule has 2 aliphatic heterocycles. The molecule has 9 rings (SSSR count). The van der Waals surface area contributed by atoms with E-state index in [1.54, 1.807) is 22.7 Å². The second-order valence-electron chi connectivity index (χ2n) is 12.5. The van der Waals surface area contributed by atoms with Gasteiger partial charge in [0.2, 0.25) is 0 Å². The number of fused-ring (bicyclic) bond motifs is 6. The van der Waals surface area contributed by atoms with Crippen molar-refractivity contribution in [3.63, 3.8) is 0 Å². The molecule has 8 heteroatoms. The number of anilines is 4. The summed E-state index contributed by atoms with van der Waals surface area (Å²) in [7, 11) is 0. The first-order valence-corrected chi connectivity index (χ1v) is 18.7. The van der Waals surface area contributed by atoms with E-state index >= 15 is 0 Å². The quantitative estimate of drug-likeness (QED) is 0.145. The van der Waals surface area contributed by atoms with Gasteiger partial charge in [0.1, 0.15) is 10.0 Å². The van der Waals surface area contributed by atoms with Crippen molar-refractivity contribution in [3.8, 4) is 23.0 Å². The first-order chi connectivity index (χ1) is 25.9. The molecule has 2 aliphatic rings. The summed E-state index contributed by atoms with van der Waals surface area (Å²) in [6, 6.07) is 36.3. The summed E-state index contributed by atoms with van der Waals surface area (Å²) in [4.78, 5) is 14.3. The first-order valence-electron chi connectivity index (χ1n) is 17.1. The van der Waals surface area contributed by atoms with Crippen LogP contribution in [-0.2, 0) is 0 Å². The molecular formula is C45H32N4O2S2. The van der Waals surface area contributed by atoms with Crippen LogP contribution in [0.5, 0.6) is 23.0 Å². The van der Waals surface area contributed by atoms with E-state index in [4.69, 9.17) is 19.4 Å². The molecule has 7 aromatic rings. The SMILES string of the molecule is C=C(/C=C\C(=C)N1c2ccccc2Oc2ccccc21)c1nc2cc3sc(C(=C)/C=C\C(=C/C)N4c5ccccc5Oc5ccccc54)nc3cc2s1. The van der Waals surface area contributed by atoms with E-state index in [0.717, 1.165) is 98.7 Å². The summed E-state index contributed by atoms with van der Waals surface area (Å²) in [5.74, 6) is 3.21. The molecule has 4 heterocycles. The zero-order valence-electron chi connectivity index (χ0n) is 28.8. The number of benzene rings is 5. The van der Waals surface area contributed by atoms with Crippen LogP contribution in [0.1, 0.15) is 16.9 Å². The third-order valence-electron chi connectivity index (χ3n) is 9.09. The van der Waals surface area contributed by atoms with Gasteiger partial charge in [-0.3, -0.25) is 0 Å². The predicted octanol–water partition coefficient (Wildman–Crippen LogP) is 13.4. The van der Waals surface area contributed by atoms with Crippen LogP contribution in [0.4, 0.5) is 22.7 Å². The van der Waals surface area contributed by atoms with Crippen molar-refractivity contribution in [2.45, 2.75) is 6.92 Å². The fraction of sp³-hybridized carbons (Fsp3) is 0.0222. The van der Waals surface area contributed by atoms with Gasteiger partial charge in [0.05, 0.1) is 43.2 Å². The molecule has 0 bridgehead atoms. The van der Waals surface area contributed by atoms with E-state index in [-0.39, 0.29) is 0 Å². The highest BCUT2D eigenvalue weighted by Gasteiger charge is 2.26. The topological polar surface area (TPSA) is 50.7 Å². The van der Waals surface area contributed by atoms with E-state index in [1.165, 1.54) is 0 Å². The van der Waals surface area contributed by atoms with Crippen LogP contribution in [-0.4, -0.2) is 9.97 Å². The van der Waals surface area contributed by atoms with Gasteiger partial charge in [-0.05, 0) is 79.7 Å². The zero-order chi connectivity index (χ0) is 36.1. The Balaban J connectivity index is 0.937. The van der Waals surface area contributed by atoms with Gasteiger partial charge in [0.15, 0.2) is 23.0 Å². The summed E-state index contributed by atoms with van der Waals surface area (Å²) in [5, 5.41) is 1.71. The molecule has 0 saturated heterocycles. The van der Waals surface area contributed by atoms with Gasteiger partial charge in [-0.15, -0.1) is 22.7 Å². The van der Waals surface area contributed by atoms with Crippen molar-refractivity contribution in [2.24, 2.45) is 0 Å². The number of hydrogen-bond donors (Lipinski definition) is 0. The van der Waals surface area contributed by atoms with E-state index in [0.29, 0.717) is 0 Å². The molecular weight excluding hydrogens is 693 g/mol. The lowest BCUT2D eigenvalue weighted by Gasteiger charge is -2.33. The van der Waals surface area contributed by atoms with Crippen LogP contribution >= 0.6 is 22.7 Å². The minimum Gasteiger partial charge on any atom is -0.453 e. The smallest absolute Gasteiger partial charge is 0.151 e. The molecule has 0 saturated carbocycles. The third-order valence-corrected chi connectivity index (χ3v) is 11.3. The molecule has 256 valence electrons. The van der Waals surface area contributed by atoms with Crippen LogP contribution in [0.3, 0.4) is 0 Å². The Bertz CT molecular complexity index is 2590. The fourth-order valence-electron chi connectivity index (χ4n) is 6.52. The van der Waals surface area contributed by atoms with Crippen LogP contribution in [0.15, 0.2) is 171 Å². The van der Waals surface area contributed by atoms with Crippen LogP contribution in [0, 0.1) is 0 Å². The molecule has 53 heavy (non-hydrogen) atoms. The summed E-state index contributed by atoms with van der Waals surface area (Å²) < 4.78 is 14.5. The summed E-state index contributed by atoms with van der Waals surface area (Å²) in [5.41, 5.74) is 9.12. The standard InChI is InChI=1S/C45H32N4O2S2/c1-5-31(49-36-16-8-12-20-40(36)51-41-21-13-9-17-37(41)49)25-23-29(3)45-47-33-27-42-32(26-43(33)53-45)46-44(52-42)28(2)22-24-30(4)48-34-14-6-10-18-38(34)50-39-19-11-7-15-35(39)48/h5-27H,2-4H2,1H3/b24-22-,25-23-,31-5+. The van der Waals surface area contributed by atoms with E-state index in [2.05, 4.69) is 66.0 Å². The Labute approximate surface area is 315 Å². The van der Waals surface area contributed by atoms with Gasteiger partial charge in [0, 0.05) is 22.5 Å². The number of para-hydroxylation sites is 8.